The van der Waals surface area contributed by atoms with Gasteiger partial charge in [0.15, 0.2) is 5.82 Å². The van der Waals surface area contributed by atoms with Crippen LogP contribution < -0.4 is 5.32 Å². The summed E-state index contributed by atoms with van der Waals surface area (Å²) in [5, 5.41) is 11.2. The molecule has 0 saturated carbocycles. The van der Waals surface area contributed by atoms with Crippen molar-refractivity contribution in [1.82, 2.24) is 14.8 Å². The molecule has 1 N–H and O–H groups in total. The normalized spacial score (nSPS) is 10.7. The molecule has 4 nitrogen and oxygen atoms in total. The number of nitrogens with zero attached hydrogens (tertiary/aromatic N) is 3. The van der Waals surface area contributed by atoms with E-state index in [1.165, 1.54) is 6.07 Å². The lowest BCUT2D eigenvalue weighted by atomic mass is 10.2. The van der Waals surface area contributed by atoms with Crippen molar-refractivity contribution in [2.24, 2.45) is 0 Å². The minimum Gasteiger partial charge on any atom is -0.355 e. The molecule has 1 aromatic heterocycles. The van der Waals surface area contributed by atoms with Gasteiger partial charge in [-0.25, -0.2) is 4.39 Å². The van der Waals surface area contributed by atoms with Crippen molar-refractivity contribution in [2.75, 3.05) is 11.9 Å². The third kappa shape index (κ3) is 2.38. The number of hydrogen-bond donors (Lipinski definition) is 1. The summed E-state index contributed by atoms with van der Waals surface area (Å²) in [7, 11) is 0. The summed E-state index contributed by atoms with van der Waals surface area (Å²) in [6.45, 7) is 5.38. The number of halogens is 2. The van der Waals surface area contributed by atoms with Gasteiger partial charge in [-0.2, -0.15) is 0 Å². The molecule has 1 heterocycles. The first-order valence-electron chi connectivity index (χ1n) is 5.79. The summed E-state index contributed by atoms with van der Waals surface area (Å²) in [6.07, 6.45) is 0. The van der Waals surface area contributed by atoms with Crippen LogP contribution in [0.4, 0.5) is 10.3 Å². The van der Waals surface area contributed by atoms with Crippen molar-refractivity contribution < 1.29 is 4.39 Å². The molecule has 0 atom stereocenters. The molecule has 0 aliphatic heterocycles. The van der Waals surface area contributed by atoms with Gasteiger partial charge in [-0.1, -0.05) is 15.9 Å². The number of benzene rings is 1. The zero-order valence-electron chi connectivity index (χ0n) is 10.2. The van der Waals surface area contributed by atoms with Gasteiger partial charge >= 0.3 is 0 Å². The third-order valence-electron chi connectivity index (χ3n) is 2.57. The molecule has 2 rings (SSSR count). The molecule has 0 bridgehead atoms. The van der Waals surface area contributed by atoms with E-state index in [9.17, 15) is 4.39 Å². The van der Waals surface area contributed by atoms with E-state index in [-0.39, 0.29) is 5.82 Å². The van der Waals surface area contributed by atoms with E-state index in [1.807, 2.05) is 18.4 Å². The fourth-order valence-electron chi connectivity index (χ4n) is 1.76. The minimum absolute atomic E-state index is 0.302. The predicted molar refractivity (Wildman–Crippen MR) is 73.0 cm³/mol. The van der Waals surface area contributed by atoms with Crippen molar-refractivity contribution in [3.63, 3.8) is 0 Å². The fourth-order valence-corrected chi connectivity index (χ4v) is 2.12. The molecule has 0 spiro atoms. The van der Waals surface area contributed by atoms with Crippen molar-refractivity contribution in [3.8, 4) is 11.4 Å². The Kier molecular flexibility index (Phi) is 3.96. The van der Waals surface area contributed by atoms with E-state index < -0.39 is 0 Å². The number of anilines is 1. The van der Waals surface area contributed by atoms with Crippen LogP contribution in [0.5, 0.6) is 0 Å². The van der Waals surface area contributed by atoms with Gasteiger partial charge in [-0.15, -0.1) is 10.2 Å². The van der Waals surface area contributed by atoms with Crippen LogP contribution in [0.1, 0.15) is 13.8 Å². The molecule has 0 saturated heterocycles. The van der Waals surface area contributed by atoms with E-state index in [2.05, 4.69) is 31.4 Å². The van der Waals surface area contributed by atoms with Gasteiger partial charge in [0.25, 0.3) is 0 Å². The largest absolute Gasteiger partial charge is 0.355 e. The molecule has 96 valence electrons. The molecule has 2 aromatic rings. The van der Waals surface area contributed by atoms with Crippen molar-refractivity contribution in [3.05, 3.63) is 28.5 Å². The summed E-state index contributed by atoms with van der Waals surface area (Å²) in [5.41, 5.74) is 0.447. The first kappa shape index (κ1) is 13.0. The van der Waals surface area contributed by atoms with E-state index in [0.29, 0.717) is 23.9 Å². The Labute approximate surface area is 113 Å². The van der Waals surface area contributed by atoms with Gasteiger partial charge in [0.05, 0.1) is 5.56 Å². The van der Waals surface area contributed by atoms with E-state index in [1.54, 1.807) is 12.1 Å². The van der Waals surface area contributed by atoms with Gasteiger partial charge in [0.1, 0.15) is 5.82 Å². The maximum absolute atomic E-state index is 13.8. The molecule has 0 aliphatic rings. The number of aromatic nitrogens is 3. The highest BCUT2D eigenvalue weighted by molar-refractivity contribution is 9.10. The van der Waals surface area contributed by atoms with Crippen LogP contribution in [0.25, 0.3) is 11.4 Å². The van der Waals surface area contributed by atoms with E-state index in [0.717, 1.165) is 11.0 Å². The zero-order valence-corrected chi connectivity index (χ0v) is 11.8. The lowest BCUT2D eigenvalue weighted by Crippen LogP contribution is -2.07. The molecular formula is C12H14BrFN4. The van der Waals surface area contributed by atoms with Crippen molar-refractivity contribution in [2.45, 2.75) is 20.4 Å². The Morgan fingerprint density at radius 3 is 2.78 bits per heavy atom. The predicted octanol–water partition coefficient (Wildman–Crippen LogP) is 3.30. The molecule has 18 heavy (non-hydrogen) atoms. The van der Waals surface area contributed by atoms with Gasteiger partial charge in [0, 0.05) is 17.6 Å². The van der Waals surface area contributed by atoms with Gasteiger partial charge in [-0.3, -0.25) is 4.57 Å². The topological polar surface area (TPSA) is 42.7 Å². The smallest absolute Gasteiger partial charge is 0.224 e. The highest BCUT2D eigenvalue weighted by Crippen LogP contribution is 2.26. The first-order chi connectivity index (χ1) is 8.67. The second-order valence-electron chi connectivity index (χ2n) is 3.75. The summed E-state index contributed by atoms with van der Waals surface area (Å²) in [5.74, 6) is 0.893. The molecular weight excluding hydrogens is 299 g/mol. The lowest BCUT2D eigenvalue weighted by molar-refractivity contribution is 0.627. The monoisotopic (exact) mass is 312 g/mol. The second kappa shape index (κ2) is 5.48. The Morgan fingerprint density at radius 1 is 1.33 bits per heavy atom. The van der Waals surface area contributed by atoms with E-state index >= 15 is 0 Å². The average Bonchev–Trinajstić information content (AvgIpc) is 2.75. The first-order valence-corrected chi connectivity index (χ1v) is 6.59. The van der Waals surface area contributed by atoms with Crippen LogP contribution in [-0.2, 0) is 6.54 Å². The highest BCUT2D eigenvalue weighted by atomic mass is 79.9. The van der Waals surface area contributed by atoms with Crippen molar-refractivity contribution in [1.29, 1.82) is 0 Å². The molecule has 6 heteroatoms. The molecule has 0 unspecified atom stereocenters. The quantitative estimate of drug-likeness (QED) is 0.942. The van der Waals surface area contributed by atoms with E-state index in [4.69, 9.17) is 0 Å². The highest BCUT2D eigenvalue weighted by Gasteiger charge is 2.15. The Balaban J connectivity index is 2.53. The molecule has 1 aromatic carbocycles. The van der Waals surface area contributed by atoms with Gasteiger partial charge in [-0.05, 0) is 32.0 Å². The Bertz CT molecular complexity index is 553. The van der Waals surface area contributed by atoms with Crippen LogP contribution in [0.15, 0.2) is 22.7 Å². The van der Waals surface area contributed by atoms with Gasteiger partial charge < -0.3 is 5.32 Å². The summed E-state index contributed by atoms with van der Waals surface area (Å²) in [4.78, 5) is 0. The Hall–Kier alpha value is -1.43. The lowest BCUT2D eigenvalue weighted by Gasteiger charge is -2.08. The van der Waals surface area contributed by atoms with Crippen LogP contribution in [0.3, 0.4) is 0 Å². The molecule has 0 radical (unpaired) electrons. The molecule has 0 fully saturated rings. The maximum atomic E-state index is 13.8. The number of rotatable bonds is 4. The molecule has 0 aliphatic carbocycles. The summed E-state index contributed by atoms with van der Waals surface area (Å²) >= 11 is 3.34. The van der Waals surface area contributed by atoms with Crippen LogP contribution in [-0.4, -0.2) is 21.3 Å². The van der Waals surface area contributed by atoms with Crippen LogP contribution in [0.2, 0.25) is 0 Å². The summed E-state index contributed by atoms with van der Waals surface area (Å²) < 4.78 is 16.5. The van der Waals surface area contributed by atoms with Crippen LogP contribution in [0, 0.1) is 5.82 Å². The fraction of sp³-hybridized carbons (Fsp3) is 0.333. The van der Waals surface area contributed by atoms with Gasteiger partial charge in [0.2, 0.25) is 5.95 Å². The Morgan fingerprint density at radius 2 is 2.11 bits per heavy atom. The average molecular weight is 313 g/mol. The zero-order chi connectivity index (χ0) is 13.1. The standard InChI is InChI=1S/C12H14BrFN4/c1-3-15-12-17-16-11(18(12)4-2)9-7-8(13)5-6-10(9)14/h5-7H,3-4H2,1-2H3,(H,15,17). The summed E-state index contributed by atoms with van der Waals surface area (Å²) in [6, 6.07) is 4.79. The second-order valence-corrected chi connectivity index (χ2v) is 4.66. The van der Waals surface area contributed by atoms with Crippen molar-refractivity contribution >= 4 is 21.9 Å². The third-order valence-corrected chi connectivity index (χ3v) is 3.06. The maximum Gasteiger partial charge on any atom is 0.224 e. The number of hydrogen-bond acceptors (Lipinski definition) is 3. The molecule has 0 amide bonds. The minimum atomic E-state index is -0.302. The number of nitrogens with one attached hydrogen (secondary N) is 1. The SMILES string of the molecule is CCNc1nnc(-c2cc(Br)ccc2F)n1CC. The van der Waals surface area contributed by atoms with Crippen LogP contribution >= 0.6 is 15.9 Å².